The number of hydrogen-bond donors (Lipinski definition) is 1. The maximum atomic E-state index is 6.07. The standard InChI is InChI=1S/C15H19ClN4S/c1-17-5-8-20(15(17)21)12-18-6-9-19(10-7-18)14-4-2-3-13(16)11-14/h2-5,8,11H,6-7,9-10,12H2,1H3/p+1. The third-order valence-corrected chi connectivity index (χ3v) is 4.81. The van der Waals surface area contributed by atoms with Crippen molar-refractivity contribution < 1.29 is 4.90 Å². The Bertz CT molecular complexity index is 670. The van der Waals surface area contributed by atoms with Crippen molar-refractivity contribution in [1.82, 2.24) is 9.13 Å². The van der Waals surface area contributed by atoms with E-state index in [0.717, 1.165) is 42.6 Å². The van der Waals surface area contributed by atoms with E-state index in [-0.39, 0.29) is 0 Å². The number of piperazine rings is 1. The molecule has 3 rings (SSSR count). The van der Waals surface area contributed by atoms with E-state index in [1.807, 2.05) is 36.0 Å². The number of quaternary nitrogens is 1. The van der Waals surface area contributed by atoms with Crippen LogP contribution in [0.5, 0.6) is 0 Å². The lowest BCUT2D eigenvalue weighted by Gasteiger charge is -2.33. The zero-order valence-corrected chi connectivity index (χ0v) is 13.7. The van der Waals surface area contributed by atoms with Gasteiger partial charge >= 0.3 is 0 Å². The van der Waals surface area contributed by atoms with Crippen LogP contribution in [0.3, 0.4) is 0 Å². The molecule has 6 heteroatoms. The first-order valence-electron chi connectivity index (χ1n) is 7.19. The number of nitrogens with zero attached hydrogens (tertiary/aromatic N) is 3. The SMILES string of the molecule is Cn1ccn(C[NH+]2CCN(c3cccc(Cl)c3)CC2)c1=S. The molecule has 2 heterocycles. The Hall–Kier alpha value is -1.30. The molecule has 0 atom stereocenters. The van der Waals surface area contributed by atoms with Crippen molar-refractivity contribution in [2.75, 3.05) is 31.1 Å². The minimum absolute atomic E-state index is 0.804. The van der Waals surface area contributed by atoms with E-state index >= 15 is 0 Å². The molecule has 0 saturated carbocycles. The molecule has 0 unspecified atom stereocenters. The number of anilines is 1. The highest BCUT2D eigenvalue weighted by atomic mass is 35.5. The van der Waals surface area contributed by atoms with Crippen molar-refractivity contribution in [3.8, 4) is 0 Å². The predicted octanol–water partition coefficient (Wildman–Crippen LogP) is 1.57. The molecule has 1 aromatic heterocycles. The Morgan fingerprint density at radius 2 is 2.00 bits per heavy atom. The Kier molecular flexibility index (Phi) is 4.33. The summed E-state index contributed by atoms with van der Waals surface area (Å²) in [4.78, 5) is 3.97. The van der Waals surface area contributed by atoms with Crippen LogP contribution in [0.1, 0.15) is 0 Å². The van der Waals surface area contributed by atoms with E-state index in [0.29, 0.717) is 0 Å². The second-order valence-electron chi connectivity index (χ2n) is 5.54. The molecule has 1 N–H and O–H groups in total. The van der Waals surface area contributed by atoms with Crippen LogP contribution in [0.4, 0.5) is 5.69 Å². The van der Waals surface area contributed by atoms with Gasteiger partial charge in [0.25, 0.3) is 0 Å². The molecule has 0 radical (unpaired) electrons. The summed E-state index contributed by atoms with van der Waals surface area (Å²) in [5.74, 6) is 0. The highest BCUT2D eigenvalue weighted by Gasteiger charge is 2.20. The van der Waals surface area contributed by atoms with Crippen LogP contribution >= 0.6 is 23.8 Å². The molecule has 112 valence electrons. The lowest BCUT2D eigenvalue weighted by Crippen LogP contribution is -3.14. The van der Waals surface area contributed by atoms with Crippen molar-refractivity contribution in [3.63, 3.8) is 0 Å². The maximum Gasteiger partial charge on any atom is 0.183 e. The van der Waals surface area contributed by atoms with Crippen LogP contribution in [0, 0.1) is 4.77 Å². The summed E-state index contributed by atoms with van der Waals surface area (Å²) in [6.45, 7) is 5.28. The molecule has 0 spiro atoms. The summed E-state index contributed by atoms with van der Waals surface area (Å²) in [7, 11) is 1.99. The van der Waals surface area contributed by atoms with Crippen LogP contribution in [0.2, 0.25) is 5.02 Å². The molecular formula is C15H20ClN4S+. The van der Waals surface area contributed by atoms with Crippen molar-refractivity contribution >= 4 is 29.5 Å². The summed E-state index contributed by atoms with van der Waals surface area (Å²) in [5, 5.41) is 0.804. The molecule has 2 aromatic rings. The summed E-state index contributed by atoms with van der Waals surface area (Å²) in [6, 6.07) is 8.11. The van der Waals surface area contributed by atoms with Crippen LogP contribution < -0.4 is 9.80 Å². The minimum Gasteiger partial charge on any atom is -0.360 e. The molecule has 1 aromatic carbocycles. The van der Waals surface area contributed by atoms with Gasteiger partial charge in [-0.3, -0.25) is 4.57 Å². The van der Waals surface area contributed by atoms with Crippen LogP contribution in [0.15, 0.2) is 36.7 Å². The minimum atomic E-state index is 0.804. The Morgan fingerprint density at radius 1 is 1.24 bits per heavy atom. The molecule has 4 nitrogen and oxygen atoms in total. The number of imidazole rings is 1. The number of aryl methyl sites for hydroxylation is 1. The monoisotopic (exact) mass is 323 g/mol. The topological polar surface area (TPSA) is 17.5 Å². The maximum absolute atomic E-state index is 6.07. The van der Waals surface area contributed by atoms with Crippen LogP contribution in [-0.4, -0.2) is 35.3 Å². The van der Waals surface area contributed by atoms with Gasteiger partial charge in [-0.2, -0.15) is 0 Å². The Labute approximate surface area is 135 Å². The lowest BCUT2D eigenvalue weighted by atomic mass is 10.2. The van der Waals surface area contributed by atoms with Gasteiger partial charge in [-0.05, 0) is 30.4 Å². The predicted molar refractivity (Wildman–Crippen MR) is 88.6 cm³/mol. The molecule has 0 aliphatic carbocycles. The van der Waals surface area contributed by atoms with Crippen LogP contribution in [-0.2, 0) is 13.7 Å². The van der Waals surface area contributed by atoms with Gasteiger partial charge in [-0.15, -0.1) is 0 Å². The van der Waals surface area contributed by atoms with Gasteiger partial charge in [-0.25, -0.2) is 0 Å². The molecule has 21 heavy (non-hydrogen) atoms. The summed E-state index contributed by atoms with van der Waals surface area (Å²) >= 11 is 11.5. The zero-order chi connectivity index (χ0) is 14.8. The average molecular weight is 324 g/mol. The van der Waals surface area contributed by atoms with Crippen molar-refractivity contribution in [3.05, 3.63) is 46.5 Å². The number of nitrogens with one attached hydrogen (secondary N) is 1. The van der Waals surface area contributed by atoms with Crippen molar-refractivity contribution in [1.29, 1.82) is 0 Å². The van der Waals surface area contributed by atoms with Gasteiger partial charge in [0, 0.05) is 30.2 Å². The van der Waals surface area contributed by atoms with E-state index in [1.165, 1.54) is 5.69 Å². The highest BCUT2D eigenvalue weighted by molar-refractivity contribution is 7.71. The van der Waals surface area contributed by atoms with Gasteiger partial charge in [0.1, 0.15) is 0 Å². The first-order valence-corrected chi connectivity index (χ1v) is 7.98. The van der Waals surface area contributed by atoms with Gasteiger partial charge in [0.15, 0.2) is 11.4 Å². The van der Waals surface area contributed by atoms with E-state index in [1.54, 1.807) is 4.90 Å². The summed E-state index contributed by atoms with van der Waals surface area (Å²) in [5.41, 5.74) is 1.22. The van der Waals surface area contributed by atoms with Crippen molar-refractivity contribution in [2.45, 2.75) is 6.67 Å². The zero-order valence-electron chi connectivity index (χ0n) is 12.1. The quantitative estimate of drug-likeness (QED) is 0.864. The summed E-state index contributed by atoms with van der Waals surface area (Å²) < 4.78 is 5.02. The summed E-state index contributed by atoms with van der Waals surface area (Å²) in [6.07, 6.45) is 4.09. The van der Waals surface area contributed by atoms with Gasteiger partial charge in [0.2, 0.25) is 0 Å². The fourth-order valence-electron chi connectivity index (χ4n) is 2.78. The van der Waals surface area contributed by atoms with Gasteiger partial charge in [0.05, 0.1) is 26.2 Å². The molecule has 0 amide bonds. The number of benzene rings is 1. The first kappa shape index (κ1) is 14.6. The fraction of sp³-hybridized carbons (Fsp3) is 0.400. The Balaban J connectivity index is 1.60. The fourth-order valence-corrected chi connectivity index (χ4v) is 3.15. The lowest BCUT2D eigenvalue weighted by molar-refractivity contribution is -0.923. The second-order valence-corrected chi connectivity index (χ2v) is 6.34. The molecule has 1 saturated heterocycles. The third-order valence-electron chi connectivity index (χ3n) is 4.06. The second kappa shape index (κ2) is 6.22. The average Bonchev–Trinajstić information content (AvgIpc) is 2.80. The Morgan fingerprint density at radius 3 is 2.62 bits per heavy atom. The van der Waals surface area contributed by atoms with Gasteiger partial charge in [-0.1, -0.05) is 17.7 Å². The number of halogens is 1. The first-order chi connectivity index (χ1) is 10.1. The molecule has 1 aliphatic heterocycles. The van der Waals surface area contributed by atoms with E-state index in [2.05, 4.69) is 21.7 Å². The smallest absolute Gasteiger partial charge is 0.183 e. The van der Waals surface area contributed by atoms with Gasteiger partial charge < -0.3 is 14.4 Å². The van der Waals surface area contributed by atoms with Crippen LogP contribution in [0.25, 0.3) is 0 Å². The normalized spacial score (nSPS) is 16.4. The molecule has 1 aliphatic rings. The van der Waals surface area contributed by atoms with E-state index in [9.17, 15) is 0 Å². The molecular weight excluding hydrogens is 304 g/mol. The molecule has 1 fully saturated rings. The highest BCUT2D eigenvalue weighted by Crippen LogP contribution is 2.19. The number of rotatable bonds is 3. The van der Waals surface area contributed by atoms with Crippen molar-refractivity contribution in [2.24, 2.45) is 7.05 Å². The van der Waals surface area contributed by atoms with E-state index < -0.39 is 0 Å². The number of aromatic nitrogens is 2. The number of hydrogen-bond acceptors (Lipinski definition) is 2. The third kappa shape index (κ3) is 3.31. The van der Waals surface area contributed by atoms with E-state index in [4.69, 9.17) is 23.8 Å². The largest absolute Gasteiger partial charge is 0.360 e. The molecule has 0 bridgehead atoms.